The molecule has 1 saturated heterocycles. The number of methoxy groups -OCH3 is 2. The van der Waals surface area contributed by atoms with Gasteiger partial charge in [0, 0.05) is 18.4 Å². The summed E-state index contributed by atoms with van der Waals surface area (Å²) in [6, 6.07) is 4.45. The van der Waals surface area contributed by atoms with Gasteiger partial charge in [-0.3, -0.25) is 0 Å². The topological polar surface area (TPSA) is 211 Å². The van der Waals surface area contributed by atoms with Gasteiger partial charge in [-0.25, -0.2) is 9.59 Å². The van der Waals surface area contributed by atoms with Gasteiger partial charge in [-0.1, -0.05) is 6.07 Å². The van der Waals surface area contributed by atoms with E-state index in [1.807, 2.05) is 0 Å². The minimum Gasteiger partial charge on any atom is -0.504 e. The zero-order valence-electron chi connectivity index (χ0n) is 22.5. The number of carbonyl (C=O) groups is 2. The van der Waals surface area contributed by atoms with Crippen molar-refractivity contribution in [3.63, 3.8) is 0 Å². The van der Waals surface area contributed by atoms with Crippen LogP contribution < -0.4 is 4.74 Å². The van der Waals surface area contributed by atoms with Crippen molar-refractivity contribution in [2.75, 3.05) is 20.8 Å². The number of hydrogen-bond acceptors (Lipinski definition) is 14. The molecule has 0 aromatic heterocycles. The number of carbonyl (C=O) groups excluding carboxylic acids is 2. The van der Waals surface area contributed by atoms with Gasteiger partial charge in [0.05, 0.1) is 44.2 Å². The van der Waals surface area contributed by atoms with E-state index in [9.17, 15) is 40.2 Å². The maximum absolute atomic E-state index is 12.8. The fraction of sp³-hybridized carbons (Fsp3) is 0.556. The zero-order chi connectivity index (χ0) is 30.1. The number of esters is 2. The highest BCUT2D eigenvalue weighted by atomic mass is 16.8. The second-order valence-electron chi connectivity index (χ2n) is 10.3. The average Bonchev–Trinajstić information content (AvgIpc) is 3.22. The van der Waals surface area contributed by atoms with Crippen LogP contribution >= 0.6 is 0 Å². The maximum Gasteiger partial charge on any atom is 0.337 e. The molecule has 10 unspecified atom stereocenters. The Labute approximate surface area is 234 Å². The molecule has 14 heteroatoms. The van der Waals surface area contributed by atoms with Crippen molar-refractivity contribution in [2.24, 2.45) is 11.8 Å². The third-order valence-electron chi connectivity index (χ3n) is 7.52. The Bertz CT molecular complexity index is 1180. The summed E-state index contributed by atoms with van der Waals surface area (Å²) in [5, 5.41) is 61.2. The molecule has 0 radical (unpaired) electrons. The third kappa shape index (κ3) is 6.18. The van der Waals surface area contributed by atoms with Gasteiger partial charge in [-0.15, -0.1) is 0 Å². The number of phenolic OH excluding ortho intramolecular Hbond substituents is 1. The van der Waals surface area contributed by atoms with Gasteiger partial charge < -0.3 is 59.1 Å². The molecular weight excluding hydrogens is 548 g/mol. The number of ether oxygens (including phenoxy) is 6. The molecule has 1 aromatic rings. The first-order chi connectivity index (χ1) is 19.4. The highest BCUT2D eigenvalue weighted by Gasteiger charge is 2.61. The van der Waals surface area contributed by atoms with E-state index in [0.29, 0.717) is 5.56 Å². The van der Waals surface area contributed by atoms with E-state index in [1.54, 1.807) is 6.07 Å². The van der Waals surface area contributed by atoms with Crippen molar-refractivity contribution in [1.82, 2.24) is 0 Å². The lowest BCUT2D eigenvalue weighted by Crippen LogP contribution is -2.60. The molecule has 0 amide bonds. The fourth-order valence-electron chi connectivity index (χ4n) is 5.44. The van der Waals surface area contributed by atoms with Crippen LogP contribution in [-0.4, -0.2) is 112 Å². The molecule has 6 N–H and O–H groups in total. The van der Waals surface area contributed by atoms with E-state index in [2.05, 4.69) is 0 Å². The number of hydrogen-bond donors (Lipinski definition) is 6. The summed E-state index contributed by atoms with van der Waals surface area (Å²) in [6.45, 7) is 0.749. The molecule has 2 aliphatic heterocycles. The number of aromatic hydroxyl groups is 1. The predicted molar refractivity (Wildman–Crippen MR) is 136 cm³/mol. The first kappa shape index (κ1) is 30.7. The lowest BCUT2D eigenvalue weighted by Gasteiger charge is -2.44. The number of fused-ring (bicyclic) bond motifs is 1. The van der Waals surface area contributed by atoms with Crippen LogP contribution in [0.15, 0.2) is 36.1 Å². The summed E-state index contributed by atoms with van der Waals surface area (Å²) in [6.07, 6.45) is -6.88. The van der Waals surface area contributed by atoms with Crippen LogP contribution in [0.1, 0.15) is 18.9 Å². The molecule has 1 aromatic carbocycles. The molecule has 2 fully saturated rings. The minimum atomic E-state index is -1.75. The van der Waals surface area contributed by atoms with E-state index in [4.69, 9.17) is 28.4 Å². The first-order valence-corrected chi connectivity index (χ1v) is 12.8. The SMILES string of the molecule is COC(=O)C1=COC(OC2OC(CO)C(O)C(O)C2O)C2C1C(OC(=O)C=Cc1ccc(O)c(OC)c1)CC2(C)O. The largest absolute Gasteiger partial charge is 0.504 e. The average molecular weight is 583 g/mol. The molecule has 1 saturated carbocycles. The van der Waals surface area contributed by atoms with Crippen LogP contribution in [0.2, 0.25) is 0 Å². The number of aliphatic hydroxyl groups excluding tert-OH is 4. The van der Waals surface area contributed by atoms with Crippen molar-refractivity contribution in [2.45, 2.75) is 62.0 Å². The lowest BCUT2D eigenvalue weighted by molar-refractivity contribution is -0.346. The highest BCUT2D eigenvalue weighted by molar-refractivity contribution is 5.90. The predicted octanol–water partition coefficient (Wildman–Crippen LogP) is -1.06. The van der Waals surface area contributed by atoms with E-state index < -0.39 is 79.1 Å². The Morgan fingerprint density at radius 2 is 1.85 bits per heavy atom. The van der Waals surface area contributed by atoms with Crippen LogP contribution in [0.4, 0.5) is 0 Å². The Morgan fingerprint density at radius 3 is 2.51 bits per heavy atom. The van der Waals surface area contributed by atoms with E-state index in [0.717, 1.165) is 19.4 Å². The normalized spacial score (nSPS) is 36.7. The van der Waals surface area contributed by atoms with Gasteiger partial charge >= 0.3 is 11.9 Å². The fourth-order valence-corrected chi connectivity index (χ4v) is 5.44. The summed E-state index contributed by atoms with van der Waals surface area (Å²) in [4.78, 5) is 25.4. The summed E-state index contributed by atoms with van der Waals surface area (Å²) < 4.78 is 32.4. The molecule has 0 spiro atoms. The summed E-state index contributed by atoms with van der Waals surface area (Å²) in [5.74, 6) is -3.49. The molecule has 3 aliphatic rings. The Morgan fingerprint density at radius 1 is 1.12 bits per heavy atom. The smallest absolute Gasteiger partial charge is 0.337 e. The third-order valence-corrected chi connectivity index (χ3v) is 7.52. The lowest BCUT2D eigenvalue weighted by atomic mass is 9.80. The van der Waals surface area contributed by atoms with Crippen molar-refractivity contribution in [1.29, 1.82) is 0 Å². The number of aliphatic hydroxyl groups is 5. The quantitative estimate of drug-likeness (QED) is 0.159. The monoisotopic (exact) mass is 582 g/mol. The second-order valence-corrected chi connectivity index (χ2v) is 10.3. The van der Waals surface area contributed by atoms with E-state index in [1.165, 1.54) is 32.2 Å². The molecule has 41 heavy (non-hydrogen) atoms. The Hall–Kier alpha value is -3.24. The van der Waals surface area contributed by atoms with Gasteiger partial charge in [-0.2, -0.15) is 0 Å². The van der Waals surface area contributed by atoms with Gasteiger partial charge in [-0.05, 0) is 30.7 Å². The molecule has 0 bridgehead atoms. The number of phenols is 1. The second kappa shape index (κ2) is 12.3. The van der Waals surface area contributed by atoms with Gasteiger partial charge in [0.1, 0.15) is 30.5 Å². The van der Waals surface area contributed by atoms with Crippen molar-refractivity contribution < 1.29 is 68.6 Å². The standard InChI is InChI=1S/C27H34O14/c1-27(35)9-16(39-18(30)7-5-12-4-6-14(29)15(8-12)36-2)19-13(24(34)37-3)11-38-25(20(19)27)41-26-23(33)22(32)21(31)17(10-28)40-26/h4-8,11,16-17,19-23,25-26,28-29,31-33,35H,9-10H2,1-3H3. The molecule has 1 aliphatic carbocycles. The molecule has 4 rings (SSSR count). The van der Waals surface area contributed by atoms with Crippen molar-refractivity contribution >= 4 is 18.0 Å². The maximum atomic E-state index is 12.8. The Kier molecular flexibility index (Phi) is 9.23. The zero-order valence-corrected chi connectivity index (χ0v) is 22.5. The van der Waals surface area contributed by atoms with Crippen LogP contribution in [0.5, 0.6) is 11.5 Å². The van der Waals surface area contributed by atoms with Crippen LogP contribution in [0, 0.1) is 11.8 Å². The van der Waals surface area contributed by atoms with Gasteiger partial charge in [0.15, 0.2) is 17.8 Å². The minimum absolute atomic E-state index is 0.0334. The summed E-state index contributed by atoms with van der Waals surface area (Å²) in [5.41, 5.74) is -1.15. The van der Waals surface area contributed by atoms with Crippen LogP contribution in [-0.2, 0) is 33.3 Å². The van der Waals surface area contributed by atoms with Gasteiger partial charge in [0.2, 0.25) is 6.29 Å². The highest BCUT2D eigenvalue weighted by Crippen LogP contribution is 2.51. The molecule has 14 nitrogen and oxygen atoms in total. The molecular formula is C27H34O14. The van der Waals surface area contributed by atoms with E-state index in [-0.39, 0.29) is 23.5 Å². The Balaban J connectivity index is 1.56. The number of benzene rings is 1. The van der Waals surface area contributed by atoms with Crippen LogP contribution in [0.3, 0.4) is 0 Å². The van der Waals surface area contributed by atoms with Crippen molar-refractivity contribution in [3.05, 3.63) is 41.7 Å². The van der Waals surface area contributed by atoms with E-state index >= 15 is 0 Å². The first-order valence-electron chi connectivity index (χ1n) is 12.8. The molecule has 226 valence electrons. The van der Waals surface area contributed by atoms with Gasteiger partial charge in [0.25, 0.3) is 0 Å². The van der Waals surface area contributed by atoms with Crippen LogP contribution in [0.25, 0.3) is 6.08 Å². The molecule has 2 heterocycles. The molecule has 10 atom stereocenters. The summed E-state index contributed by atoms with van der Waals surface area (Å²) in [7, 11) is 2.53. The number of rotatable bonds is 8. The van der Waals surface area contributed by atoms with Crippen molar-refractivity contribution in [3.8, 4) is 11.5 Å². The summed E-state index contributed by atoms with van der Waals surface area (Å²) >= 11 is 0.